The third-order valence-electron chi connectivity index (χ3n) is 3.22. The molecule has 23 heavy (non-hydrogen) atoms. The van der Waals surface area contributed by atoms with Gasteiger partial charge in [-0.3, -0.25) is 4.79 Å². The number of hydrogen-bond donors (Lipinski definition) is 2. The summed E-state index contributed by atoms with van der Waals surface area (Å²) in [7, 11) is 0. The van der Waals surface area contributed by atoms with Crippen LogP contribution in [0.3, 0.4) is 0 Å². The molecule has 4 nitrogen and oxygen atoms in total. The first kappa shape index (κ1) is 16.9. The monoisotopic (exact) mass is 321 g/mol. The lowest BCUT2D eigenvalue weighted by molar-refractivity contribution is -0.123. The maximum atomic E-state index is 13.5. The van der Waals surface area contributed by atoms with Crippen LogP contribution in [0.5, 0.6) is 5.75 Å². The molecule has 0 aliphatic rings. The molecule has 0 atom stereocenters. The van der Waals surface area contributed by atoms with Crippen molar-refractivity contribution in [1.29, 1.82) is 0 Å². The van der Waals surface area contributed by atoms with E-state index in [4.69, 9.17) is 9.84 Å². The number of carbonyl (C=O) groups is 1. The lowest BCUT2D eigenvalue weighted by atomic mass is 10.1. The zero-order valence-electron chi connectivity index (χ0n) is 12.6. The van der Waals surface area contributed by atoms with Gasteiger partial charge in [-0.2, -0.15) is 0 Å². The Labute approximate surface area is 132 Å². The van der Waals surface area contributed by atoms with Crippen LogP contribution in [0.25, 0.3) is 0 Å². The highest BCUT2D eigenvalue weighted by atomic mass is 19.1. The molecular weight excluding hydrogens is 304 g/mol. The van der Waals surface area contributed by atoms with E-state index in [1.54, 1.807) is 13.0 Å². The molecule has 6 heteroatoms. The fraction of sp³-hybridized carbons (Fsp3) is 0.235. The summed E-state index contributed by atoms with van der Waals surface area (Å²) < 4.78 is 31.9. The molecule has 0 saturated carbocycles. The van der Waals surface area contributed by atoms with Crippen molar-refractivity contribution in [3.63, 3.8) is 0 Å². The molecule has 0 saturated heterocycles. The van der Waals surface area contributed by atoms with Crippen molar-refractivity contribution in [2.45, 2.75) is 20.1 Å². The number of aryl methyl sites for hydroxylation is 1. The van der Waals surface area contributed by atoms with Crippen LogP contribution in [0.4, 0.5) is 8.78 Å². The first-order valence-electron chi connectivity index (χ1n) is 7.03. The largest absolute Gasteiger partial charge is 0.481 e. The summed E-state index contributed by atoms with van der Waals surface area (Å²) in [4.78, 5) is 11.7. The highest BCUT2D eigenvalue weighted by Gasteiger charge is 2.08. The Morgan fingerprint density at radius 1 is 1.17 bits per heavy atom. The van der Waals surface area contributed by atoms with Crippen molar-refractivity contribution in [1.82, 2.24) is 5.32 Å². The number of aliphatic hydroxyl groups is 1. The van der Waals surface area contributed by atoms with Gasteiger partial charge in [-0.15, -0.1) is 0 Å². The molecule has 0 aliphatic heterocycles. The molecule has 2 N–H and O–H groups in total. The van der Waals surface area contributed by atoms with Crippen molar-refractivity contribution in [2.75, 3.05) is 6.61 Å². The Hall–Kier alpha value is -2.47. The van der Waals surface area contributed by atoms with Gasteiger partial charge in [0.25, 0.3) is 5.91 Å². The molecule has 122 valence electrons. The van der Waals surface area contributed by atoms with Gasteiger partial charge in [0.2, 0.25) is 0 Å². The van der Waals surface area contributed by atoms with Gasteiger partial charge in [-0.25, -0.2) is 8.78 Å². The van der Waals surface area contributed by atoms with Gasteiger partial charge in [-0.05, 0) is 42.3 Å². The Morgan fingerprint density at radius 3 is 2.65 bits per heavy atom. The minimum Gasteiger partial charge on any atom is -0.481 e. The zero-order valence-corrected chi connectivity index (χ0v) is 12.6. The van der Waals surface area contributed by atoms with E-state index in [2.05, 4.69) is 5.32 Å². The average Bonchev–Trinajstić information content (AvgIpc) is 2.54. The molecule has 0 radical (unpaired) electrons. The molecular formula is C17H17F2NO3. The second-order valence-electron chi connectivity index (χ2n) is 5.08. The summed E-state index contributed by atoms with van der Waals surface area (Å²) in [6.07, 6.45) is 0. The number of ether oxygens (including phenoxy) is 1. The highest BCUT2D eigenvalue weighted by Crippen LogP contribution is 2.18. The molecule has 0 unspecified atom stereocenters. The molecule has 0 spiro atoms. The lowest BCUT2D eigenvalue weighted by Gasteiger charge is -2.09. The molecule has 0 heterocycles. The van der Waals surface area contributed by atoms with E-state index in [1.165, 1.54) is 30.3 Å². The average molecular weight is 321 g/mol. The van der Waals surface area contributed by atoms with Crippen molar-refractivity contribution < 1.29 is 23.4 Å². The fourth-order valence-electron chi connectivity index (χ4n) is 1.98. The van der Waals surface area contributed by atoms with Crippen LogP contribution in [-0.2, 0) is 17.9 Å². The summed E-state index contributed by atoms with van der Waals surface area (Å²) in [5, 5.41) is 11.6. The number of hydrogen-bond acceptors (Lipinski definition) is 3. The van der Waals surface area contributed by atoms with Crippen LogP contribution < -0.4 is 10.1 Å². The second kappa shape index (κ2) is 7.69. The Kier molecular flexibility index (Phi) is 5.65. The first-order chi connectivity index (χ1) is 11.0. The third-order valence-corrected chi connectivity index (χ3v) is 3.22. The molecule has 2 rings (SSSR count). The summed E-state index contributed by atoms with van der Waals surface area (Å²) in [5.41, 5.74) is 1.63. The van der Waals surface area contributed by atoms with Crippen LogP contribution in [0.15, 0.2) is 36.4 Å². The third kappa shape index (κ3) is 4.75. The molecule has 2 aromatic carbocycles. The van der Waals surface area contributed by atoms with Crippen molar-refractivity contribution in [2.24, 2.45) is 0 Å². The standard InChI is InChI=1S/C17H17F2NO3/c1-11-2-4-15(19)16(6-11)23-10-17(22)20-8-12-3-5-14(18)13(7-12)9-21/h2-7,21H,8-10H2,1H3,(H,20,22). The maximum absolute atomic E-state index is 13.5. The van der Waals surface area contributed by atoms with E-state index >= 15 is 0 Å². The quantitative estimate of drug-likeness (QED) is 0.859. The Morgan fingerprint density at radius 2 is 1.91 bits per heavy atom. The van der Waals surface area contributed by atoms with Gasteiger partial charge in [0.05, 0.1) is 6.61 Å². The Bertz CT molecular complexity index is 704. The van der Waals surface area contributed by atoms with E-state index in [1.807, 2.05) is 0 Å². The van der Waals surface area contributed by atoms with Crippen LogP contribution in [0, 0.1) is 18.6 Å². The maximum Gasteiger partial charge on any atom is 0.258 e. The molecule has 0 aromatic heterocycles. The predicted octanol–water partition coefficient (Wildman–Crippen LogP) is 2.46. The van der Waals surface area contributed by atoms with Gasteiger partial charge < -0.3 is 15.2 Å². The first-order valence-corrected chi connectivity index (χ1v) is 7.03. The minimum absolute atomic E-state index is 0.0181. The Balaban J connectivity index is 1.87. The van der Waals surface area contributed by atoms with Crippen LogP contribution >= 0.6 is 0 Å². The van der Waals surface area contributed by atoms with E-state index in [9.17, 15) is 13.6 Å². The number of nitrogens with one attached hydrogen (secondary N) is 1. The number of halogens is 2. The zero-order chi connectivity index (χ0) is 16.8. The van der Waals surface area contributed by atoms with Gasteiger partial charge in [-0.1, -0.05) is 12.1 Å². The summed E-state index contributed by atoms with van der Waals surface area (Å²) in [6.45, 7) is 1.21. The van der Waals surface area contributed by atoms with Gasteiger partial charge in [0.1, 0.15) is 5.82 Å². The molecule has 0 bridgehead atoms. The van der Waals surface area contributed by atoms with Crippen molar-refractivity contribution in [3.05, 3.63) is 64.7 Å². The SMILES string of the molecule is Cc1ccc(F)c(OCC(=O)NCc2ccc(F)c(CO)c2)c1. The number of amides is 1. The van der Waals surface area contributed by atoms with E-state index in [0.717, 1.165) is 5.56 Å². The van der Waals surface area contributed by atoms with Crippen molar-refractivity contribution in [3.8, 4) is 5.75 Å². The normalized spacial score (nSPS) is 10.4. The molecule has 1 amide bonds. The van der Waals surface area contributed by atoms with Gasteiger partial charge in [0.15, 0.2) is 18.2 Å². The number of carbonyl (C=O) groups excluding carboxylic acids is 1. The number of benzene rings is 2. The van der Waals surface area contributed by atoms with Crippen LogP contribution in [-0.4, -0.2) is 17.6 Å². The fourth-order valence-corrected chi connectivity index (χ4v) is 1.98. The second-order valence-corrected chi connectivity index (χ2v) is 5.08. The van der Waals surface area contributed by atoms with Crippen LogP contribution in [0.1, 0.15) is 16.7 Å². The molecule has 2 aromatic rings. The van der Waals surface area contributed by atoms with E-state index in [-0.39, 0.29) is 24.5 Å². The summed E-state index contributed by atoms with van der Waals surface area (Å²) >= 11 is 0. The topological polar surface area (TPSA) is 58.6 Å². The lowest BCUT2D eigenvalue weighted by Crippen LogP contribution is -2.28. The number of rotatable bonds is 6. The highest BCUT2D eigenvalue weighted by molar-refractivity contribution is 5.77. The number of aliphatic hydroxyl groups excluding tert-OH is 1. The van der Waals surface area contributed by atoms with Crippen molar-refractivity contribution >= 4 is 5.91 Å². The van der Waals surface area contributed by atoms with E-state index in [0.29, 0.717) is 5.56 Å². The smallest absolute Gasteiger partial charge is 0.258 e. The van der Waals surface area contributed by atoms with Gasteiger partial charge in [0, 0.05) is 12.1 Å². The van der Waals surface area contributed by atoms with Gasteiger partial charge >= 0.3 is 0 Å². The summed E-state index contributed by atoms with van der Waals surface area (Å²) in [6, 6.07) is 8.60. The predicted molar refractivity (Wildman–Crippen MR) is 80.8 cm³/mol. The molecule has 0 aliphatic carbocycles. The minimum atomic E-state index is -0.533. The van der Waals surface area contributed by atoms with Crippen LogP contribution in [0.2, 0.25) is 0 Å². The van der Waals surface area contributed by atoms with E-state index < -0.39 is 24.1 Å². The summed E-state index contributed by atoms with van der Waals surface area (Å²) in [5.74, 6) is -1.44. The molecule has 0 fully saturated rings.